The van der Waals surface area contributed by atoms with Crippen molar-refractivity contribution in [2.75, 3.05) is 5.32 Å². The molecule has 0 aromatic carbocycles. The van der Waals surface area contributed by atoms with Crippen LogP contribution in [0.15, 0.2) is 10.9 Å². The van der Waals surface area contributed by atoms with Gasteiger partial charge in [-0.05, 0) is 34.6 Å². The molecule has 0 spiro atoms. The van der Waals surface area contributed by atoms with Crippen molar-refractivity contribution in [1.82, 2.24) is 19.5 Å². The van der Waals surface area contributed by atoms with Gasteiger partial charge in [-0.2, -0.15) is 4.52 Å². The fourth-order valence-electron chi connectivity index (χ4n) is 2.65. The number of anilines is 1. The number of ether oxygens (including phenoxy) is 1. The quantitative estimate of drug-likeness (QED) is 0.862. The van der Waals surface area contributed by atoms with Gasteiger partial charge in [0.05, 0.1) is 12.1 Å². The summed E-state index contributed by atoms with van der Waals surface area (Å²) in [5.74, 6) is 0.00291. The zero-order valence-corrected chi connectivity index (χ0v) is 14.8. The van der Waals surface area contributed by atoms with Crippen molar-refractivity contribution in [2.24, 2.45) is 0 Å². The zero-order chi connectivity index (χ0) is 18.5. The summed E-state index contributed by atoms with van der Waals surface area (Å²) in [7, 11) is 0. The predicted molar refractivity (Wildman–Crippen MR) is 94.9 cm³/mol. The fraction of sp³-hybridized carbons (Fsp3) is 0.500. The Morgan fingerprint density at radius 2 is 2.08 bits per heavy atom. The van der Waals surface area contributed by atoms with Crippen LogP contribution in [0.5, 0.6) is 0 Å². The van der Waals surface area contributed by atoms with Crippen molar-refractivity contribution in [3.05, 3.63) is 27.7 Å². The van der Waals surface area contributed by atoms with Crippen molar-refractivity contribution in [3.63, 3.8) is 0 Å². The van der Waals surface area contributed by atoms with Gasteiger partial charge < -0.3 is 9.64 Å². The SMILES string of the molecule is CC(C)N1Cc2c(nc3cc(NC(=O)OC(C)(C)C)[nH]n3c2=O)C1=O.[HH].[HH]. The van der Waals surface area contributed by atoms with Crippen molar-refractivity contribution in [3.8, 4) is 0 Å². The third-order valence-electron chi connectivity index (χ3n) is 3.76. The lowest BCUT2D eigenvalue weighted by molar-refractivity contribution is 0.0634. The third-order valence-corrected chi connectivity index (χ3v) is 3.76. The molecular formula is C16H25N5O4. The van der Waals surface area contributed by atoms with E-state index in [9.17, 15) is 14.4 Å². The number of aromatic amines is 1. The third kappa shape index (κ3) is 3.09. The van der Waals surface area contributed by atoms with Crippen molar-refractivity contribution < 1.29 is 17.2 Å². The zero-order valence-electron chi connectivity index (χ0n) is 14.8. The number of carbonyl (C=O) groups excluding carboxylic acids is 2. The van der Waals surface area contributed by atoms with E-state index < -0.39 is 11.7 Å². The lowest BCUT2D eigenvalue weighted by atomic mass is 10.2. The standard InChI is InChI=1S/C16H21N5O4.2H2/c1-8(2)20-7-9-12(14(20)23)18-11-6-10(19-21(11)13(9)22)17-15(24)25-16(3,4)5;;/h6,8,19H,7H2,1-5H3,(H,17,24);2*1H. The monoisotopic (exact) mass is 351 g/mol. The van der Waals surface area contributed by atoms with Gasteiger partial charge in [0.25, 0.3) is 11.5 Å². The molecule has 0 saturated heterocycles. The van der Waals surface area contributed by atoms with Gasteiger partial charge in [-0.3, -0.25) is 20.0 Å². The molecule has 0 bridgehead atoms. The van der Waals surface area contributed by atoms with Gasteiger partial charge in [-0.1, -0.05) is 0 Å². The molecule has 138 valence electrons. The van der Waals surface area contributed by atoms with Crippen LogP contribution in [0.3, 0.4) is 0 Å². The number of amides is 2. The Labute approximate surface area is 146 Å². The molecular weight excluding hydrogens is 326 g/mol. The highest BCUT2D eigenvalue weighted by molar-refractivity contribution is 5.97. The Balaban J connectivity index is 0.00000182. The first-order chi connectivity index (χ1) is 11.6. The Bertz CT molecular complexity index is 929. The molecule has 0 unspecified atom stereocenters. The van der Waals surface area contributed by atoms with Crippen molar-refractivity contribution in [1.29, 1.82) is 0 Å². The van der Waals surface area contributed by atoms with E-state index in [1.165, 1.54) is 10.6 Å². The lowest BCUT2D eigenvalue weighted by Crippen LogP contribution is -2.31. The molecule has 3 heterocycles. The maximum absolute atomic E-state index is 12.6. The number of nitrogens with zero attached hydrogens (tertiary/aromatic N) is 3. The first-order valence-corrected chi connectivity index (χ1v) is 8.02. The van der Waals surface area contributed by atoms with Crippen LogP contribution in [0.4, 0.5) is 10.6 Å². The first-order valence-electron chi connectivity index (χ1n) is 8.02. The van der Waals surface area contributed by atoms with Gasteiger partial charge in [-0.25, -0.2) is 9.78 Å². The molecule has 0 atom stereocenters. The molecule has 2 aromatic rings. The summed E-state index contributed by atoms with van der Waals surface area (Å²) in [6, 6.07) is 1.46. The Hall–Kier alpha value is -2.84. The van der Waals surface area contributed by atoms with Gasteiger partial charge in [0.2, 0.25) is 0 Å². The topological polar surface area (TPSA) is 109 Å². The summed E-state index contributed by atoms with van der Waals surface area (Å²) in [5, 5.41) is 5.29. The van der Waals surface area contributed by atoms with E-state index in [-0.39, 0.29) is 44.1 Å². The largest absolute Gasteiger partial charge is 0.444 e. The molecule has 2 amide bonds. The minimum Gasteiger partial charge on any atom is -0.444 e. The normalized spacial score (nSPS) is 14.3. The average molecular weight is 351 g/mol. The number of hydrogen-bond acceptors (Lipinski definition) is 5. The second-order valence-corrected chi connectivity index (χ2v) is 7.26. The summed E-state index contributed by atoms with van der Waals surface area (Å²) in [6.07, 6.45) is -0.651. The molecule has 0 fully saturated rings. The molecule has 0 saturated carbocycles. The summed E-state index contributed by atoms with van der Waals surface area (Å²) in [5.41, 5.74) is -0.218. The van der Waals surface area contributed by atoms with E-state index in [0.717, 1.165) is 0 Å². The second-order valence-electron chi connectivity index (χ2n) is 7.26. The van der Waals surface area contributed by atoms with E-state index in [4.69, 9.17) is 4.74 Å². The van der Waals surface area contributed by atoms with Crippen LogP contribution in [-0.4, -0.2) is 43.1 Å². The maximum atomic E-state index is 12.6. The number of hydrogen-bond donors (Lipinski definition) is 2. The number of fused-ring (bicyclic) bond motifs is 2. The summed E-state index contributed by atoms with van der Waals surface area (Å²) in [4.78, 5) is 42.7. The maximum Gasteiger partial charge on any atom is 0.413 e. The summed E-state index contributed by atoms with van der Waals surface area (Å²) >= 11 is 0. The van der Waals surface area contributed by atoms with E-state index >= 15 is 0 Å². The van der Waals surface area contributed by atoms with Crippen LogP contribution < -0.4 is 10.9 Å². The van der Waals surface area contributed by atoms with E-state index in [1.54, 1.807) is 25.7 Å². The number of carbonyl (C=O) groups is 2. The number of aromatic nitrogens is 3. The second kappa shape index (κ2) is 5.61. The van der Waals surface area contributed by atoms with Gasteiger partial charge in [0.1, 0.15) is 17.1 Å². The van der Waals surface area contributed by atoms with Gasteiger partial charge in [0, 0.05) is 15.0 Å². The molecule has 2 N–H and O–H groups in total. The molecule has 2 aromatic heterocycles. The van der Waals surface area contributed by atoms with Crippen LogP contribution in [-0.2, 0) is 11.3 Å². The molecule has 1 aliphatic rings. The molecule has 0 radical (unpaired) electrons. The van der Waals surface area contributed by atoms with Gasteiger partial charge in [0.15, 0.2) is 5.65 Å². The fourth-order valence-corrected chi connectivity index (χ4v) is 2.65. The van der Waals surface area contributed by atoms with Crippen molar-refractivity contribution >= 4 is 23.5 Å². The van der Waals surface area contributed by atoms with E-state index in [1.807, 2.05) is 13.8 Å². The van der Waals surface area contributed by atoms with Crippen LogP contribution in [0.25, 0.3) is 5.65 Å². The van der Waals surface area contributed by atoms with Gasteiger partial charge in [-0.15, -0.1) is 0 Å². The van der Waals surface area contributed by atoms with E-state index in [2.05, 4.69) is 15.4 Å². The lowest BCUT2D eigenvalue weighted by Gasteiger charge is -2.19. The molecule has 1 aliphatic heterocycles. The minimum atomic E-state index is -0.651. The average Bonchev–Trinajstić information content (AvgIpc) is 2.99. The first kappa shape index (κ1) is 17.0. The van der Waals surface area contributed by atoms with Gasteiger partial charge >= 0.3 is 6.09 Å². The molecule has 25 heavy (non-hydrogen) atoms. The highest BCUT2D eigenvalue weighted by atomic mass is 16.6. The highest BCUT2D eigenvalue weighted by Crippen LogP contribution is 2.21. The smallest absolute Gasteiger partial charge is 0.413 e. The Kier molecular flexibility index (Phi) is 3.81. The molecule has 9 nitrogen and oxygen atoms in total. The number of rotatable bonds is 2. The van der Waals surface area contributed by atoms with Crippen LogP contribution in [0.1, 0.15) is 53.5 Å². The Morgan fingerprint density at radius 3 is 2.68 bits per heavy atom. The number of H-pyrrole nitrogens is 1. The van der Waals surface area contributed by atoms with Crippen LogP contribution in [0.2, 0.25) is 0 Å². The molecule has 0 aliphatic carbocycles. The van der Waals surface area contributed by atoms with Crippen LogP contribution >= 0.6 is 0 Å². The van der Waals surface area contributed by atoms with E-state index in [0.29, 0.717) is 5.56 Å². The number of nitrogens with one attached hydrogen (secondary N) is 2. The molecule has 9 heteroatoms. The predicted octanol–water partition coefficient (Wildman–Crippen LogP) is 2.23. The highest BCUT2D eigenvalue weighted by Gasteiger charge is 2.34. The minimum absolute atomic E-state index is 0. The molecule has 3 rings (SSSR count). The summed E-state index contributed by atoms with van der Waals surface area (Å²) in [6.45, 7) is 9.25. The van der Waals surface area contributed by atoms with Crippen LogP contribution in [0, 0.1) is 0 Å². The Morgan fingerprint density at radius 1 is 1.40 bits per heavy atom. The van der Waals surface area contributed by atoms with Crippen molar-refractivity contribution in [2.45, 2.75) is 52.8 Å². The summed E-state index contributed by atoms with van der Waals surface area (Å²) < 4.78 is 6.38.